The monoisotopic (exact) mass is 322 g/mol. The maximum atomic E-state index is 12.5. The molecule has 2 aromatic rings. The molecule has 0 aliphatic carbocycles. The average Bonchev–Trinajstić information content (AvgIpc) is 2.64. The first kappa shape index (κ1) is 16.2. The number of carbonyl (C=O) groups is 1. The summed E-state index contributed by atoms with van der Waals surface area (Å²) in [7, 11) is 0. The molecule has 124 valence electrons. The van der Waals surface area contributed by atoms with Crippen LogP contribution in [0.5, 0.6) is 0 Å². The summed E-state index contributed by atoms with van der Waals surface area (Å²) in [6.07, 6.45) is 7.97. The maximum Gasteiger partial charge on any atom is 0.286 e. The molecule has 2 heterocycles. The summed E-state index contributed by atoms with van der Waals surface area (Å²) < 4.78 is 5.48. The summed E-state index contributed by atoms with van der Waals surface area (Å²) in [5, 5.41) is 3.09. The number of ether oxygens (including phenoxy) is 1. The summed E-state index contributed by atoms with van der Waals surface area (Å²) in [5.41, 5.74) is 3.39. The van der Waals surface area contributed by atoms with Crippen molar-refractivity contribution in [3.8, 4) is 0 Å². The fraction of sp³-hybridized carbons (Fsp3) is 0.300. The molecule has 0 spiro atoms. The van der Waals surface area contributed by atoms with Gasteiger partial charge < -0.3 is 10.1 Å². The third-order valence-electron chi connectivity index (χ3n) is 4.11. The zero-order valence-corrected chi connectivity index (χ0v) is 13.9. The van der Waals surface area contributed by atoms with Gasteiger partial charge in [0.25, 0.3) is 5.91 Å². The molecule has 0 radical (unpaired) electrons. The molecule has 0 saturated carbocycles. The lowest BCUT2D eigenvalue weighted by Crippen LogP contribution is -2.32. The van der Waals surface area contributed by atoms with Gasteiger partial charge in [0.1, 0.15) is 0 Å². The largest absolute Gasteiger partial charge is 0.488 e. The molecule has 1 N–H and O–H groups in total. The van der Waals surface area contributed by atoms with E-state index in [0.29, 0.717) is 18.8 Å². The Morgan fingerprint density at radius 3 is 2.79 bits per heavy atom. The van der Waals surface area contributed by atoms with Crippen molar-refractivity contribution in [1.29, 1.82) is 0 Å². The summed E-state index contributed by atoms with van der Waals surface area (Å²) in [6.45, 7) is 2.67. The lowest BCUT2D eigenvalue weighted by Gasteiger charge is -2.21. The van der Waals surface area contributed by atoms with Crippen LogP contribution in [-0.4, -0.2) is 17.5 Å². The highest BCUT2D eigenvalue weighted by atomic mass is 16.5. The van der Waals surface area contributed by atoms with Crippen molar-refractivity contribution in [3.05, 3.63) is 77.3 Å². The number of nitrogens with zero attached hydrogens (tertiary/aromatic N) is 1. The first-order valence-corrected chi connectivity index (χ1v) is 8.31. The van der Waals surface area contributed by atoms with Gasteiger partial charge in [-0.3, -0.25) is 9.78 Å². The van der Waals surface area contributed by atoms with Crippen LogP contribution in [0.4, 0.5) is 0 Å². The standard InChI is InChI=1S/C20H22N2O2/c1-15-7-9-16(10-8-15)13-18(17-5-4-11-21-14-17)22-20(23)19-6-2-3-12-24-19/h4-11,14,18H,2-3,12-13H2,1H3,(H,22,23)/t18-/m1/s1. The minimum atomic E-state index is -0.157. The van der Waals surface area contributed by atoms with Gasteiger partial charge in [-0.05, 0) is 49.5 Å². The lowest BCUT2D eigenvalue weighted by molar-refractivity contribution is -0.122. The third kappa shape index (κ3) is 4.22. The SMILES string of the molecule is Cc1ccc(C[C@@H](NC(=O)C2=CCCCO2)c2cccnc2)cc1. The van der Waals surface area contributed by atoms with Gasteiger partial charge in [-0.2, -0.15) is 0 Å². The zero-order valence-electron chi connectivity index (χ0n) is 13.9. The van der Waals surface area contributed by atoms with E-state index in [2.05, 4.69) is 41.5 Å². The van der Waals surface area contributed by atoms with Gasteiger partial charge in [0, 0.05) is 12.4 Å². The average molecular weight is 322 g/mol. The van der Waals surface area contributed by atoms with Crippen LogP contribution < -0.4 is 5.32 Å². The number of benzene rings is 1. The van der Waals surface area contributed by atoms with Gasteiger partial charge >= 0.3 is 0 Å². The van der Waals surface area contributed by atoms with E-state index in [4.69, 9.17) is 4.74 Å². The van der Waals surface area contributed by atoms with Crippen molar-refractivity contribution in [2.45, 2.75) is 32.2 Å². The zero-order chi connectivity index (χ0) is 16.8. The number of nitrogens with one attached hydrogen (secondary N) is 1. The van der Waals surface area contributed by atoms with E-state index in [9.17, 15) is 4.79 Å². The fourth-order valence-corrected chi connectivity index (χ4v) is 2.74. The van der Waals surface area contributed by atoms with Crippen LogP contribution >= 0.6 is 0 Å². The number of rotatable bonds is 5. The molecule has 1 amide bonds. The highest BCUT2D eigenvalue weighted by Gasteiger charge is 2.20. The topological polar surface area (TPSA) is 51.2 Å². The Bertz CT molecular complexity index is 708. The van der Waals surface area contributed by atoms with E-state index in [1.54, 1.807) is 12.4 Å². The molecule has 3 rings (SSSR count). The number of pyridine rings is 1. The van der Waals surface area contributed by atoms with E-state index in [1.165, 1.54) is 11.1 Å². The van der Waals surface area contributed by atoms with Crippen LogP contribution in [0.1, 0.15) is 35.6 Å². The second kappa shape index (κ2) is 7.77. The van der Waals surface area contributed by atoms with Crippen molar-refractivity contribution >= 4 is 5.91 Å². The van der Waals surface area contributed by atoms with Crippen LogP contribution in [0, 0.1) is 6.92 Å². The molecule has 0 bridgehead atoms. The van der Waals surface area contributed by atoms with Crippen molar-refractivity contribution in [2.75, 3.05) is 6.61 Å². The van der Waals surface area contributed by atoms with E-state index >= 15 is 0 Å². The Kier molecular flexibility index (Phi) is 5.26. The predicted octanol–water partition coefficient (Wildman–Crippen LogP) is 3.48. The normalized spacial score (nSPS) is 15.1. The second-order valence-electron chi connectivity index (χ2n) is 6.06. The minimum absolute atomic E-state index is 0.139. The summed E-state index contributed by atoms with van der Waals surface area (Å²) in [5.74, 6) is 0.273. The van der Waals surface area contributed by atoms with E-state index in [1.807, 2.05) is 18.2 Å². The van der Waals surface area contributed by atoms with Crippen molar-refractivity contribution < 1.29 is 9.53 Å². The van der Waals surface area contributed by atoms with Gasteiger partial charge in [0.05, 0.1) is 12.6 Å². The van der Waals surface area contributed by atoms with Crippen molar-refractivity contribution in [1.82, 2.24) is 10.3 Å². The Hall–Kier alpha value is -2.62. The van der Waals surface area contributed by atoms with E-state index in [-0.39, 0.29) is 11.9 Å². The van der Waals surface area contributed by atoms with Crippen molar-refractivity contribution in [3.63, 3.8) is 0 Å². The Labute approximate surface area is 142 Å². The second-order valence-corrected chi connectivity index (χ2v) is 6.06. The first-order valence-electron chi connectivity index (χ1n) is 8.31. The molecule has 0 unspecified atom stereocenters. The molecular weight excluding hydrogens is 300 g/mol. The highest BCUT2D eigenvalue weighted by molar-refractivity contribution is 5.91. The molecule has 0 fully saturated rings. The Balaban J connectivity index is 1.78. The number of amides is 1. The number of aryl methyl sites for hydroxylation is 1. The first-order chi connectivity index (χ1) is 11.7. The van der Waals surface area contributed by atoms with Gasteiger partial charge in [0.15, 0.2) is 5.76 Å². The fourth-order valence-electron chi connectivity index (χ4n) is 2.74. The molecule has 4 heteroatoms. The highest BCUT2D eigenvalue weighted by Crippen LogP contribution is 2.20. The number of hydrogen-bond donors (Lipinski definition) is 1. The van der Waals surface area contributed by atoms with Gasteiger partial charge in [-0.1, -0.05) is 35.9 Å². The van der Waals surface area contributed by atoms with Crippen LogP contribution in [0.15, 0.2) is 60.6 Å². The molecule has 1 atom stereocenters. The number of aromatic nitrogens is 1. The molecule has 1 aliphatic heterocycles. The molecule has 24 heavy (non-hydrogen) atoms. The summed E-state index contributed by atoms with van der Waals surface area (Å²) in [4.78, 5) is 16.7. The number of allylic oxidation sites excluding steroid dienone is 1. The third-order valence-corrected chi connectivity index (χ3v) is 4.11. The molecule has 1 aliphatic rings. The van der Waals surface area contributed by atoms with Crippen molar-refractivity contribution in [2.24, 2.45) is 0 Å². The molecule has 0 saturated heterocycles. The van der Waals surface area contributed by atoms with Gasteiger partial charge in [-0.25, -0.2) is 0 Å². The van der Waals surface area contributed by atoms with Crippen LogP contribution in [-0.2, 0) is 16.0 Å². The number of hydrogen-bond acceptors (Lipinski definition) is 3. The van der Waals surface area contributed by atoms with E-state index < -0.39 is 0 Å². The maximum absolute atomic E-state index is 12.5. The van der Waals surface area contributed by atoms with Crippen LogP contribution in [0.25, 0.3) is 0 Å². The predicted molar refractivity (Wildman–Crippen MR) is 93.3 cm³/mol. The van der Waals surface area contributed by atoms with Gasteiger partial charge in [-0.15, -0.1) is 0 Å². The smallest absolute Gasteiger partial charge is 0.286 e. The molecule has 1 aromatic carbocycles. The van der Waals surface area contributed by atoms with Gasteiger partial charge in [0.2, 0.25) is 0 Å². The Morgan fingerprint density at radius 2 is 2.12 bits per heavy atom. The molecule has 4 nitrogen and oxygen atoms in total. The minimum Gasteiger partial charge on any atom is -0.488 e. The molecular formula is C20H22N2O2. The quantitative estimate of drug-likeness (QED) is 0.917. The van der Waals surface area contributed by atoms with Crippen LogP contribution in [0.3, 0.4) is 0 Å². The molecule has 1 aromatic heterocycles. The Morgan fingerprint density at radius 1 is 1.29 bits per heavy atom. The lowest BCUT2D eigenvalue weighted by atomic mass is 9.99. The number of carbonyl (C=O) groups excluding carboxylic acids is 1. The van der Waals surface area contributed by atoms with Crippen LogP contribution in [0.2, 0.25) is 0 Å². The van der Waals surface area contributed by atoms with E-state index in [0.717, 1.165) is 18.4 Å². The summed E-state index contributed by atoms with van der Waals surface area (Å²) >= 11 is 0. The summed E-state index contributed by atoms with van der Waals surface area (Å²) in [6, 6.07) is 12.1.